The van der Waals surface area contributed by atoms with Crippen LogP contribution < -0.4 is 4.90 Å². The largest absolute Gasteiger partial charge is 0.396 e. The molecule has 0 unspecified atom stereocenters. The molecule has 39 heavy (non-hydrogen) atoms. The lowest BCUT2D eigenvalue weighted by Crippen LogP contribution is -2.40. The summed E-state index contributed by atoms with van der Waals surface area (Å²) in [6, 6.07) is 8.18. The van der Waals surface area contributed by atoms with Crippen molar-refractivity contribution in [2.75, 3.05) is 50.9 Å². The number of aliphatic hydroxyl groups excluding tert-OH is 1. The number of aryl methyl sites for hydroxylation is 2. The molecule has 0 amide bonds. The molecule has 0 spiro atoms. The minimum Gasteiger partial charge on any atom is -0.396 e. The highest BCUT2D eigenvalue weighted by Crippen LogP contribution is 2.35. The lowest BCUT2D eigenvalue weighted by molar-refractivity contribution is 0.0464. The van der Waals surface area contributed by atoms with Gasteiger partial charge in [0.1, 0.15) is 11.6 Å². The number of anilines is 1. The summed E-state index contributed by atoms with van der Waals surface area (Å²) in [5.41, 5.74) is 3.62. The molecule has 2 saturated heterocycles. The Morgan fingerprint density at radius 1 is 0.974 bits per heavy atom. The second-order valence-corrected chi connectivity index (χ2v) is 11.6. The Kier molecular flexibility index (Phi) is 7.03. The molecular formula is C29H40N8O2. The van der Waals surface area contributed by atoms with Crippen molar-refractivity contribution in [3.05, 3.63) is 35.9 Å². The van der Waals surface area contributed by atoms with E-state index >= 15 is 0 Å². The topological polar surface area (TPSA) is 97.4 Å². The van der Waals surface area contributed by atoms with Gasteiger partial charge in [-0.15, -0.1) is 0 Å². The van der Waals surface area contributed by atoms with Gasteiger partial charge >= 0.3 is 0 Å². The Hall–Kier alpha value is -3.08. The number of rotatable bonds is 7. The van der Waals surface area contributed by atoms with Crippen LogP contribution in [0, 0.1) is 11.3 Å². The van der Waals surface area contributed by atoms with Crippen molar-refractivity contribution in [2.24, 2.45) is 18.4 Å². The molecule has 3 aromatic heterocycles. The first-order valence-electron chi connectivity index (χ1n) is 14.3. The summed E-state index contributed by atoms with van der Waals surface area (Å²) >= 11 is 0. The van der Waals surface area contributed by atoms with Crippen molar-refractivity contribution in [1.29, 1.82) is 0 Å². The van der Waals surface area contributed by atoms with E-state index in [2.05, 4.69) is 52.8 Å². The summed E-state index contributed by atoms with van der Waals surface area (Å²) in [7, 11) is 2.07. The fourth-order valence-electron chi connectivity index (χ4n) is 6.06. The highest BCUT2D eigenvalue weighted by Gasteiger charge is 2.32. The molecule has 0 radical (unpaired) electrons. The Labute approximate surface area is 229 Å². The van der Waals surface area contributed by atoms with Crippen molar-refractivity contribution in [3.8, 4) is 5.95 Å². The van der Waals surface area contributed by atoms with Gasteiger partial charge in [-0.1, -0.05) is 32.9 Å². The number of ether oxygens (including phenoxy) is 1. The molecule has 208 valence electrons. The van der Waals surface area contributed by atoms with Gasteiger partial charge in [-0.05, 0) is 49.4 Å². The van der Waals surface area contributed by atoms with Crippen LogP contribution in [0.15, 0.2) is 24.3 Å². The van der Waals surface area contributed by atoms with Gasteiger partial charge in [0.05, 0.1) is 30.8 Å². The first kappa shape index (κ1) is 26.2. The van der Waals surface area contributed by atoms with Crippen LogP contribution in [0.4, 0.5) is 5.82 Å². The maximum atomic E-state index is 9.82. The van der Waals surface area contributed by atoms with E-state index in [1.165, 1.54) is 0 Å². The molecule has 2 fully saturated rings. The Bertz CT molecular complexity index is 1460. The third-order valence-electron chi connectivity index (χ3n) is 8.70. The van der Waals surface area contributed by atoms with E-state index in [4.69, 9.17) is 24.7 Å². The van der Waals surface area contributed by atoms with Gasteiger partial charge in [-0.25, -0.2) is 9.97 Å². The van der Waals surface area contributed by atoms with E-state index in [1.54, 1.807) is 0 Å². The average Bonchev–Trinajstić information content (AvgIpc) is 3.50. The lowest BCUT2D eigenvalue weighted by Gasteiger charge is -2.39. The van der Waals surface area contributed by atoms with Crippen molar-refractivity contribution in [3.63, 3.8) is 0 Å². The molecule has 1 N–H and O–H groups in total. The third kappa shape index (κ3) is 4.79. The van der Waals surface area contributed by atoms with Crippen LogP contribution in [0.1, 0.15) is 45.3 Å². The fraction of sp³-hybridized carbons (Fsp3) is 0.586. The van der Waals surface area contributed by atoms with Crippen molar-refractivity contribution in [1.82, 2.24) is 34.0 Å². The molecule has 10 nitrogen and oxygen atoms in total. The molecule has 6 rings (SSSR count). The van der Waals surface area contributed by atoms with E-state index in [0.717, 1.165) is 91.7 Å². The predicted octanol–water partition coefficient (Wildman–Crippen LogP) is 3.33. The highest BCUT2D eigenvalue weighted by molar-refractivity contribution is 5.86. The number of piperidine rings is 1. The van der Waals surface area contributed by atoms with Crippen LogP contribution in [0.2, 0.25) is 0 Å². The second-order valence-electron chi connectivity index (χ2n) is 11.6. The quantitative estimate of drug-likeness (QED) is 0.387. The Morgan fingerprint density at radius 3 is 2.44 bits per heavy atom. The summed E-state index contributed by atoms with van der Waals surface area (Å²) in [5, 5.41) is 9.82. The van der Waals surface area contributed by atoms with Gasteiger partial charge in [0, 0.05) is 33.2 Å². The number of aliphatic hydroxyl groups is 1. The normalized spacial score (nSPS) is 18.0. The monoisotopic (exact) mass is 532 g/mol. The van der Waals surface area contributed by atoms with E-state index < -0.39 is 0 Å². The molecule has 0 aliphatic carbocycles. The molecule has 2 aliphatic rings. The standard InChI is InChI=1S/C29H40N8O2/c1-5-23-30-21-8-6-7-9-22(21)37(23)28-32-26-25(27(33-28)36-14-16-39-17-15-36)31-24(34(26)4)18-35-12-10-20(11-13-35)29(2,3)19-38/h6-9,20,38H,5,10-19H2,1-4H3. The van der Waals surface area contributed by atoms with Crippen molar-refractivity contribution < 1.29 is 9.84 Å². The SMILES string of the molecule is CCc1nc2ccccc2n1-c1nc(N2CCOCC2)c2nc(CN3CCC(C(C)(C)CO)CC3)n(C)c2n1. The number of aromatic nitrogens is 6. The summed E-state index contributed by atoms with van der Waals surface area (Å²) in [4.78, 5) is 25.0. The Balaban J connectivity index is 1.39. The zero-order chi connectivity index (χ0) is 27.1. The van der Waals surface area contributed by atoms with Crippen LogP contribution >= 0.6 is 0 Å². The number of likely N-dealkylation sites (tertiary alicyclic amines) is 1. The molecule has 0 atom stereocenters. The van der Waals surface area contributed by atoms with Crippen LogP contribution in [0.3, 0.4) is 0 Å². The first-order valence-corrected chi connectivity index (χ1v) is 14.3. The summed E-state index contributed by atoms with van der Waals surface area (Å²) in [6.45, 7) is 12.4. The zero-order valence-corrected chi connectivity index (χ0v) is 23.6. The van der Waals surface area contributed by atoms with E-state index in [-0.39, 0.29) is 12.0 Å². The molecule has 0 bridgehead atoms. The molecule has 2 aliphatic heterocycles. The molecule has 5 heterocycles. The number of fused-ring (bicyclic) bond motifs is 2. The number of para-hydroxylation sites is 2. The number of morpholine rings is 1. The number of nitrogens with zero attached hydrogens (tertiary/aromatic N) is 8. The summed E-state index contributed by atoms with van der Waals surface area (Å²) in [6.07, 6.45) is 2.96. The van der Waals surface area contributed by atoms with Gasteiger partial charge in [0.25, 0.3) is 0 Å². The fourth-order valence-corrected chi connectivity index (χ4v) is 6.06. The minimum atomic E-state index is -0.0299. The summed E-state index contributed by atoms with van der Waals surface area (Å²) in [5.74, 6) is 3.98. The van der Waals surface area contributed by atoms with E-state index in [1.807, 2.05) is 18.2 Å². The van der Waals surface area contributed by atoms with Gasteiger partial charge in [0.2, 0.25) is 5.95 Å². The first-order chi connectivity index (χ1) is 18.9. The smallest absolute Gasteiger partial charge is 0.239 e. The van der Waals surface area contributed by atoms with Gasteiger partial charge in [-0.3, -0.25) is 9.47 Å². The number of benzene rings is 1. The van der Waals surface area contributed by atoms with Crippen LogP contribution in [0.5, 0.6) is 0 Å². The highest BCUT2D eigenvalue weighted by atomic mass is 16.5. The van der Waals surface area contributed by atoms with Gasteiger partial charge < -0.3 is 19.3 Å². The van der Waals surface area contributed by atoms with E-state index in [0.29, 0.717) is 25.1 Å². The van der Waals surface area contributed by atoms with Crippen molar-refractivity contribution in [2.45, 2.75) is 46.6 Å². The predicted molar refractivity (Wildman–Crippen MR) is 152 cm³/mol. The maximum Gasteiger partial charge on any atom is 0.239 e. The van der Waals surface area contributed by atoms with Crippen LogP contribution in [-0.4, -0.2) is 85.1 Å². The molecule has 10 heteroatoms. The molecular weight excluding hydrogens is 492 g/mol. The van der Waals surface area contributed by atoms with Crippen LogP contribution in [0.25, 0.3) is 28.1 Å². The van der Waals surface area contributed by atoms with Gasteiger partial charge in [0.15, 0.2) is 17.0 Å². The number of imidazole rings is 2. The molecule has 0 saturated carbocycles. The lowest BCUT2D eigenvalue weighted by atomic mass is 9.74. The van der Waals surface area contributed by atoms with E-state index in [9.17, 15) is 5.11 Å². The maximum absolute atomic E-state index is 9.82. The zero-order valence-electron chi connectivity index (χ0n) is 23.6. The third-order valence-corrected chi connectivity index (χ3v) is 8.70. The number of hydrogen-bond donors (Lipinski definition) is 1. The number of hydrogen-bond acceptors (Lipinski definition) is 8. The van der Waals surface area contributed by atoms with Gasteiger partial charge in [-0.2, -0.15) is 9.97 Å². The molecule has 4 aromatic rings. The molecule has 1 aromatic carbocycles. The minimum absolute atomic E-state index is 0.0299. The average molecular weight is 533 g/mol. The Morgan fingerprint density at radius 2 is 1.72 bits per heavy atom. The summed E-state index contributed by atoms with van der Waals surface area (Å²) < 4.78 is 9.89. The second kappa shape index (κ2) is 10.5. The van der Waals surface area contributed by atoms with Crippen LogP contribution in [-0.2, 0) is 24.8 Å². The van der Waals surface area contributed by atoms with Crippen molar-refractivity contribution >= 4 is 28.0 Å².